The van der Waals surface area contributed by atoms with Crippen LogP contribution in [0.5, 0.6) is 0 Å². The van der Waals surface area contributed by atoms with Gasteiger partial charge in [0.1, 0.15) is 6.54 Å². The molecule has 7 nitrogen and oxygen atoms in total. The lowest BCUT2D eigenvalue weighted by Gasteiger charge is -2.30. The molecule has 2 aromatic heterocycles. The fourth-order valence-electron chi connectivity index (χ4n) is 3.86. The van der Waals surface area contributed by atoms with Gasteiger partial charge in [0, 0.05) is 20.1 Å². The van der Waals surface area contributed by atoms with Crippen LogP contribution in [0.15, 0.2) is 9.59 Å². The number of rotatable bonds is 3. The molecular weight excluding hydrogens is 306 g/mol. The van der Waals surface area contributed by atoms with Gasteiger partial charge < -0.3 is 9.47 Å². The van der Waals surface area contributed by atoms with Crippen molar-refractivity contribution in [3.63, 3.8) is 0 Å². The van der Waals surface area contributed by atoms with Crippen molar-refractivity contribution in [3.8, 4) is 0 Å². The number of likely N-dealkylation sites (tertiary alicyclic amines) is 1. The summed E-state index contributed by atoms with van der Waals surface area (Å²) in [6.07, 6.45) is 3.76. The van der Waals surface area contributed by atoms with Crippen LogP contribution in [-0.2, 0) is 20.6 Å². The Morgan fingerprint density at radius 3 is 2.54 bits per heavy atom. The van der Waals surface area contributed by atoms with Crippen LogP contribution < -0.4 is 16.1 Å². The fourth-order valence-corrected chi connectivity index (χ4v) is 3.86. The molecule has 1 aliphatic rings. The Bertz CT molecular complexity index is 874. The van der Waals surface area contributed by atoms with Crippen LogP contribution in [0.2, 0.25) is 0 Å². The highest BCUT2D eigenvalue weighted by Crippen LogP contribution is 2.17. The van der Waals surface area contributed by atoms with Gasteiger partial charge in [-0.3, -0.25) is 13.9 Å². The topological polar surface area (TPSA) is 66.3 Å². The zero-order valence-electron chi connectivity index (χ0n) is 15.3. The van der Waals surface area contributed by atoms with Gasteiger partial charge in [0.2, 0.25) is 0 Å². The average Bonchev–Trinajstić information content (AvgIpc) is 2.92. The van der Waals surface area contributed by atoms with E-state index < -0.39 is 0 Å². The third-order valence-electron chi connectivity index (χ3n) is 5.35. The summed E-state index contributed by atoms with van der Waals surface area (Å²) in [6.45, 7) is 8.34. The van der Waals surface area contributed by atoms with Crippen LogP contribution >= 0.6 is 0 Å². The van der Waals surface area contributed by atoms with Crippen LogP contribution in [0.3, 0.4) is 0 Å². The predicted molar refractivity (Wildman–Crippen MR) is 93.4 cm³/mol. The highest BCUT2D eigenvalue weighted by Gasteiger charge is 2.27. The quantitative estimate of drug-likeness (QED) is 0.857. The number of hydrogen-bond donors (Lipinski definition) is 1. The van der Waals surface area contributed by atoms with Crippen molar-refractivity contribution in [3.05, 3.63) is 26.7 Å². The number of nitrogens with one attached hydrogen (secondary N) is 1. The van der Waals surface area contributed by atoms with Gasteiger partial charge >= 0.3 is 5.69 Å². The van der Waals surface area contributed by atoms with Gasteiger partial charge in [-0.2, -0.15) is 0 Å². The molecule has 7 heteroatoms. The molecule has 0 saturated carbocycles. The standard InChI is InChI=1S/C17H27N5O2/c1-11(2)22-13(10-21-9-7-6-8-12(21)3)18-15-14(22)16(23)20(5)17(24)19(15)4/h11-12H,6-10H2,1-5H3/p+1/t12-/m1/s1. The lowest BCUT2D eigenvalue weighted by Crippen LogP contribution is -3.15. The number of hydrogen-bond acceptors (Lipinski definition) is 3. The van der Waals surface area contributed by atoms with E-state index in [2.05, 4.69) is 20.8 Å². The zero-order valence-corrected chi connectivity index (χ0v) is 15.3. The van der Waals surface area contributed by atoms with E-state index in [9.17, 15) is 9.59 Å². The largest absolute Gasteiger partial charge is 0.332 e. The first-order valence-electron chi connectivity index (χ1n) is 8.84. The Morgan fingerprint density at radius 1 is 1.21 bits per heavy atom. The first kappa shape index (κ1) is 17.0. The molecule has 1 aliphatic heterocycles. The molecule has 2 aromatic rings. The number of aromatic nitrogens is 4. The summed E-state index contributed by atoms with van der Waals surface area (Å²) in [7, 11) is 3.21. The third kappa shape index (κ3) is 2.60. The molecule has 3 heterocycles. The Balaban J connectivity index is 2.19. The van der Waals surface area contributed by atoms with Crippen LogP contribution in [-0.4, -0.2) is 31.3 Å². The molecule has 1 fully saturated rings. The van der Waals surface area contributed by atoms with E-state index in [1.807, 2.05) is 4.57 Å². The van der Waals surface area contributed by atoms with E-state index in [1.54, 1.807) is 7.05 Å². The second-order valence-corrected chi connectivity index (χ2v) is 7.35. The molecule has 132 valence electrons. The van der Waals surface area contributed by atoms with Crippen LogP contribution in [0.1, 0.15) is 51.9 Å². The van der Waals surface area contributed by atoms with Crippen molar-refractivity contribution in [2.24, 2.45) is 14.1 Å². The predicted octanol–water partition coefficient (Wildman–Crippen LogP) is -0.0281. The third-order valence-corrected chi connectivity index (χ3v) is 5.35. The number of piperidine rings is 1. The van der Waals surface area contributed by atoms with Gasteiger partial charge in [0.15, 0.2) is 17.0 Å². The van der Waals surface area contributed by atoms with E-state index in [0.717, 1.165) is 18.9 Å². The van der Waals surface area contributed by atoms with Crippen molar-refractivity contribution < 1.29 is 4.90 Å². The molecule has 0 aromatic carbocycles. The van der Waals surface area contributed by atoms with E-state index in [-0.39, 0.29) is 17.3 Å². The van der Waals surface area contributed by atoms with Crippen LogP contribution in [0, 0.1) is 0 Å². The van der Waals surface area contributed by atoms with Crippen LogP contribution in [0.4, 0.5) is 0 Å². The number of nitrogens with zero attached hydrogens (tertiary/aromatic N) is 4. The smallest absolute Gasteiger partial charge is 0.326 e. The monoisotopic (exact) mass is 334 g/mol. The van der Waals surface area contributed by atoms with Crippen molar-refractivity contribution in [2.45, 2.75) is 58.7 Å². The maximum atomic E-state index is 12.7. The highest BCUT2D eigenvalue weighted by molar-refractivity contribution is 5.71. The number of aryl methyl sites for hydroxylation is 1. The van der Waals surface area contributed by atoms with Gasteiger partial charge in [0.05, 0.1) is 12.6 Å². The summed E-state index contributed by atoms with van der Waals surface area (Å²) >= 11 is 0. The summed E-state index contributed by atoms with van der Waals surface area (Å²) in [5.41, 5.74) is 0.443. The molecule has 1 N–H and O–H groups in total. The van der Waals surface area contributed by atoms with Gasteiger partial charge in [-0.1, -0.05) is 0 Å². The lowest BCUT2D eigenvalue weighted by atomic mass is 10.0. The summed E-state index contributed by atoms with van der Waals surface area (Å²) < 4.78 is 4.67. The molecule has 0 spiro atoms. The molecule has 24 heavy (non-hydrogen) atoms. The normalized spacial score (nSPS) is 21.8. The molecule has 0 radical (unpaired) electrons. The average molecular weight is 334 g/mol. The first-order valence-corrected chi connectivity index (χ1v) is 8.84. The number of imidazole rings is 1. The maximum absolute atomic E-state index is 12.7. The molecule has 2 atom stereocenters. The second kappa shape index (κ2) is 6.20. The molecule has 0 aliphatic carbocycles. The van der Waals surface area contributed by atoms with Crippen molar-refractivity contribution in [1.82, 2.24) is 18.7 Å². The molecule has 1 unspecified atom stereocenters. The van der Waals surface area contributed by atoms with Gasteiger partial charge in [-0.25, -0.2) is 9.78 Å². The van der Waals surface area contributed by atoms with Crippen LogP contribution in [0.25, 0.3) is 11.2 Å². The molecule has 0 amide bonds. The minimum Gasteiger partial charge on any atom is -0.326 e. The summed E-state index contributed by atoms with van der Waals surface area (Å²) in [5.74, 6) is 0.905. The second-order valence-electron chi connectivity index (χ2n) is 7.35. The summed E-state index contributed by atoms with van der Waals surface area (Å²) in [6, 6.07) is 0.723. The fraction of sp³-hybridized carbons (Fsp3) is 0.706. The highest BCUT2D eigenvalue weighted by atomic mass is 16.2. The minimum atomic E-state index is -0.328. The lowest BCUT2D eigenvalue weighted by molar-refractivity contribution is -0.942. The maximum Gasteiger partial charge on any atom is 0.332 e. The van der Waals surface area contributed by atoms with Gasteiger partial charge in [0.25, 0.3) is 5.56 Å². The number of quaternary nitrogens is 1. The Kier molecular flexibility index (Phi) is 4.38. The van der Waals surface area contributed by atoms with Crippen molar-refractivity contribution >= 4 is 11.2 Å². The van der Waals surface area contributed by atoms with E-state index in [4.69, 9.17) is 4.98 Å². The van der Waals surface area contributed by atoms with E-state index in [0.29, 0.717) is 17.2 Å². The zero-order chi connectivity index (χ0) is 17.6. The van der Waals surface area contributed by atoms with Gasteiger partial charge in [-0.15, -0.1) is 0 Å². The Morgan fingerprint density at radius 2 is 1.92 bits per heavy atom. The number of fused-ring (bicyclic) bond motifs is 1. The van der Waals surface area contributed by atoms with Crippen molar-refractivity contribution in [2.75, 3.05) is 6.54 Å². The minimum absolute atomic E-state index is 0.120. The van der Waals surface area contributed by atoms with Crippen molar-refractivity contribution in [1.29, 1.82) is 0 Å². The molecule has 1 saturated heterocycles. The molecule has 3 rings (SSSR count). The Hall–Kier alpha value is -1.89. The van der Waals surface area contributed by atoms with E-state index in [1.165, 1.54) is 40.3 Å². The van der Waals surface area contributed by atoms with Gasteiger partial charge in [-0.05, 0) is 40.0 Å². The summed E-state index contributed by atoms with van der Waals surface area (Å²) in [5, 5.41) is 0. The Labute approximate surface area is 141 Å². The van der Waals surface area contributed by atoms with E-state index >= 15 is 0 Å². The first-order chi connectivity index (χ1) is 11.3. The summed E-state index contributed by atoms with van der Waals surface area (Å²) in [4.78, 5) is 31.1. The molecular formula is C17H28N5O2+. The molecule has 0 bridgehead atoms. The SMILES string of the molecule is CC(C)n1c(C[NH+]2CCCC[C@H]2C)nc2c1c(=O)n(C)c(=O)n2C.